The fraction of sp³-hybridized carbons (Fsp3) is 0.294. The molecular weight excluding hydrogens is 436 g/mol. The molecule has 9 heteroatoms. The molecule has 3 aromatic rings. The van der Waals surface area contributed by atoms with Gasteiger partial charge in [0.1, 0.15) is 10.6 Å². The molecule has 3 heterocycles. The van der Waals surface area contributed by atoms with Crippen LogP contribution >= 0.6 is 39.0 Å². The number of anilines is 1. The second-order valence-electron chi connectivity index (χ2n) is 5.96. The van der Waals surface area contributed by atoms with Crippen molar-refractivity contribution in [3.05, 3.63) is 43.6 Å². The van der Waals surface area contributed by atoms with Crippen molar-refractivity contribution in [2.45, 2.75) is 30.8 Å². The van der Waals surface area contributed by atoms with Gasteiger partial charge < -0.3 is 10.3 Å². The summed E-state index contributed by atoms with van der Waals surface area (Å²) < 4.78 is 0.846. The van der Waals surface area contributed by atoms with Crippen molar-refractivity contribution < 1.29 is 4.79 Å². The number of hydrogen-bond acceptors (Lipinski definition) is 6. The van der Waals surface area contributed by atoms with Crippen molar-refractivity contribution in [3.8, 4) is 0 Å². The van der Waals surface area contributed by atoms with Gasteiger partial charge in [0.2, 0.25) is 5.91 Å². The summed E-state index contributed by atoms with van der Waals surface area (Å²) in [7, 11) is 0. The number of halogens is 1. The number of pyridine rings is 1. The fourth-order valence-corrected chi connectivity index (χ4v) is 5.19. The zero-order valence-electron chi connectivity index (χ0n) is 13.7. The van der Waals surface area contributed by atoms with Crippen LogP contribution in [0.5, 0.6) is 0 Å². The molecule has 2 N–H and O–H groups in total. The Kier molecular flexibility index (Phi) is 5.10. The first-order chi connectivity index (χ1) is 12.6. The molecule has 0 saturated carbocycles. The monoisotopic (exact) mass is 450 g/mol. The highest BCUT2D eigenvalue weighted by Gasteiger charge is 2.20. The third kappa shape index (κ3) is 3.70. The largest absolute Gasteiger partial charge is 0.310 e. The SMILES string of the molecule is O=C(CSc1nc2sc3c(c2c(=O)[nH]1)CCCC3)Nc1ccc(Br)cn1. The summed E-state index contributed by atoms with van der Waals surface area (Å²) in [5, 5.41) is 3.93. The van der Waals surface area contributed by atoms with E-state index in [0.717, 1.165) is 34.0 Å². The van der Waals surface area contributed by atoms with Gasteiger partial charge in [-0.15, -0.1) is 11.3 Å². The second kappa shape index (κ2) is 7.50. The zero-order valence-corrected chi connectivity index (χ0v) is 16.9. The molecule has 0 saturated heterocycles. The van der Waals surface area contributed by atoms with Gasteiger partial charge in [-0.05, 0) is 59.3 Å². The molecule has 3 aromatic heterocycles. The van der Waals surface area contributed by atoms with Crippen LogP contribution in [0.25, 0.3) is 10.2 Å². The number of carbonyl (C=O) groups excluding carboxylic acids is 1. The van der Waals surface area contributed by atoms with Crippen LogP contribution in [0.15, 0.2) is 32.8 Å². The molecule has 1 amide bonds. The molecule has 1 aliphatic carbocycles. The van der Waals surface area contributed by atoms with Gasteiger partial charge in [0, 0.05) is 15.5 Å². The highest BCUT2D eigenvalue weighted by atomic mass is 79.9. The summed E-state index contributed by atoms with van der Waals surface area (Å²) in [5.74, 6) is 0.441. The molecular formula is C17H15BrN4O2S2. The number of aromatic nitrogens is 3. The van der Waals surface area contributed by atoms with Gasteiger partial charge in [-0.2, -0.15) is 0 Å². The minimum atomic E-state index is -0.196. The number of amides is 1. The second-order valence-corrected chi connectivity index (χ2v) is 8.92. The molecule has 6 nitrogen and oxygen atoms in total. The minimum Gasteiger partial charge on any atom is -0.310 e. The maximum Gasteiger partial charge on any atom is 0.260 e. The van der Waals surface area contributed by atoms with Crippen LogP contribution in [0.3, 0.4) is 0 Å². The molecule has 0 bridgehead atoms. The van der Waals surface area contributed by atoms with Gasteiger partial charge in [-0.3, -0.25) is 9.59 Å². The van der Waals surface area contributed by atoms with Crippen LogP contribution in [0.4, 0.5) is 5.82 Å². The van der Waals surface area contributed by atoms with Crippen LogP contribution in [-0.4, -0.2) is 26.6 Å². The lowest BCUT2D eigenvalue weighted by Gasteiger charge is -2.09. The minimum absolute atomic E-state index is 0.105. The molecule has 0 spiro atoms. The molecule has 1 aliphatic rings. The summed E-state index contributed by atoms with van der Waals surface area (Å²) in [4.78, 5) is 38.1. The first-order valence-corrected chi connectivity index (χ1v) is 10.8. The lowest BCUT2D eigenvalue weighted by molar-refractivity contribution is -0.113. The zero-order chi connectivity index (χ0) is 18.1. The van der Waals surface area contributed by atoms with Crippen LogP contribution in [-0.2, 0) is 17.6 Å². The number of aryl methyl sites for hydroxylation is 2. The third-order valence-electron chi connectivity index (χ3n) is 4.14. The normalized spacial score (nSPS) is 13.6. The number of H-pyrrole nitrogens is 1. The Balaban J connectivity index is 1.48. The molecule has 0 aliphatic heterocycles. The quantitative estimate of drug-likeness (QED) is 0.466. The van der Waals surface area contributed by atoms with E-state index in [-0.39, 0.29) is 17.2 Å². The topological polar surface area (TPSA) is 87.7 Å². The molecule has 0 fully saturated rings. The van der Waals surface area contributed by atoms with E-state index >= 15 is 0 Å². The lowest BCUT2D eigenvalue weighted by atomic mass is 9.97. The lowest BCUT2D eigenvalue weighted by Crippen LogP contribution is -2.16. The maximum absolute atomic E-state index is 12.5. The Morgan fingerprint density at radius 2 is 2.19 bits per heavy atom. The van der Waals surface area contributed by atoms with Gasteiger partial charge in [-0.25, -0.2) is 9.97 Å². The Morgan fingerprint density at radius 3 is 3.00 bits per heavy atom. The van der Waals surface area contributed by atoms with E-state index in [1.807, 2.05) is 0 Å². The molecule has 0 radical (unpaired) electrons. The number of rotatable bonds is 4. The number of nitrogens with zero attached hydrogens (tertiary/aromatic N) is 2. The van der Waals surface area contributed by atoms with Crippen LogP contribution in [0.2, 0.25) is 0 Å². The van der Waals surface area contributed by atoms with Gasteiger partial charge in [-0.1, -0.05) is 11.8 Å². The number of hydrogen-bond donors (Lipinski definition) is 2. The smallest absolute Gasteiger partial charge is 0.260 e. The van der Waals surface area contributed by atoms with E-state index in [1.54, 1.807) is 29.7 Å². The van der Waals surface area contributed by atoms with Crippen LogP contribution in [0, 0.1) is 0 Å². The van der Waals surface area contributed by atoms with Crippen molar-refractivity contribution in [1.82, 2.24) is 15.0 Å². The van der Waals surface area contributed by atoms with Crippen molar-refractivity contribution >= 4 is 61.0 Å². The van der Waals surface area contributed by atoms with E-state index in [1.165, 1.54) is 28.6 Å². The average molecular weight is 451 g/mol. The number of carbonyl (C=O) groups is 1. The number of aromatic amines is 1. The molecule has 4 rings (SSSR count). The van der Waals surface area contributed by atoms with E-state index in [0.29, 0.717) is 11.0 Å². The van der Waals surface area contributed by atoms with E-state index < -0.39 is 0 Å². The number of fused-ring (bicyclic) bond motifs is 3. The van der Waals surface area contributed by atoms with E-state index in [9.17, 15) is 9.59 Å². The van der Waals surface area contributed by atoms with Gasteiger partial charge in [0.15, 0.2) is 5.16 Å². The summed E-state index contributed by atoms with van der Waals surface area (Å²) in [5.41, 5.74) is 1.06. The fourth-order valence-electron chi connectivity index (χ4n) is 2.98. The predicted octanol–water partition coefficient (Wildman–Crippen LogP) is 3.75. The summed E-state index contributed by atoms with van der Waals surface area (Å²) in [6.07, 6.45) is 5.90. The van der Waals surface area contributed by atoms with E-state index in [2.05, 4.69) is 36.2 Å². The Bertz CT molecular complexity index is 1030. The van der Waals surface area contributed by atoms with Crippen LogP contribution in [0.1, 0.15) is 23.3 Å². The third-order valence-corrected chi connectivity index (χ3v) is 6.67. The van der Waals surface area contributed by atoms with Crippen LogP contribution < -0.4 is 10.9 Å². The number of nitrogens with one attached hydrogen (secondary N) is 2. The standard InChI is InChI=1S/C17H15BrN4O2S2/c18-9-5-6-12(19-7-9)20-13(23)8-25-17-21-15(24)14-10-3-1-2-4-11(10)26-16(14)22-17/h5-7H,1-4,8H2,(H,19,20,23)(H,21,22,24). The Hall–Kier alpha value is -1.71. The Morgan fingerprint density at radius 1 is 1.35 bits per heavy atom. The first-order valence-electron chi connectivity index (χ1n) is 8.19. The van der Waals surface area contributed by atoms with E-state index in [4.69, 9.17) is 0 Å². The summed E-state index contributed by atoms with van der Waals surface area (Å²) >= 11 is 6.12. The first kappa shape index (κ1) is 17.7. The number of thioether (sulfide) groups is 1. The van der Waals surface area contributed by atoms with Gasteiger partial charge in [0.25, 0.3) is 5.56 Å². The summed E-state index contributed by atoms with van der Waals surface area (Å²) in [6, 6.07) is 3.52. The van der Waals surface area contributed by atoms with Crippen molar-refractivity contribution in [2.24, 2.45) is 0 Å². The summed E-state index contributed by atoms with van der Waals surface area (Å²) in [6.45, 7) is 0. The predicted molar refractivity (Wildman–Crippen MR) is 108 cm³/mol. The molecule has 134 valence electrons. The number of thiophene rings is 1. The van der Waals surface area contributed by atoms with Crippen molar-refractivity contribution in [3.63, 3.8) is 0 Å². The maximum atomic E-state index is 12.5. The van der Waals surface area contributed by atoms with Crippen molar-refractivity contribution in [1.29, 1.82) is 0 Å². The average Bonchev–Trinajstić information content (AvgIpc) is 3.01. The molecule has 0 unspecified atom stereocenters. The molecule has 0 atom stereocenters. The molecule has 26 heavy (non-hydrogen) atoms. The Labute approximate surface area is 166 Å². The van der Waals surface area contributed by atoms with Crippen molar-refractivity contribution in [2.75, 3.05) is 11.1 Å². The highest BCUT2D eigenvalue weighted by Crippen LogP contribution is 2.34. The highest BCUT2D eigenvalue weighted by molar-refractivity contribution is 9.10. The van der Waals surface area contributed by atoms with Gasteiger partial charge >= 0.3 is 0 Å². The molecule has 0 aromatic carbocycles. The van der Waals surface area contributed by atoms with Gasteiger partial charge in [0.05, 0.1) is 11.1 Å².